The van der Waals surface area contributed by atoms with E-state index >= 15 is 0 Å². The maximum absolute atomic E-state index is 12.6. The van der Waals surface area contributed by atoms with Crippen LogP contribution < -0.4 is 15.4 Å². The number of rotatable bonds is 7. The molecule has 0 unspecified atom stereocenters. The fraction of sp³-hybridized carbons (Fsp3) is 0.391. The molecule has 0 atom stereocenters. The third-order valence-electron chi connectivity index (χ3n) is 4.67. The summed E-state index contributed by atoms with van der Waals surface area (Å²) in [6, 6.07) is 14.0. The molecule has 0 bridgehead atoms. The fourth-order valence-electron chi connectivity index (χ4n) is 2.83. The first-order chi connectivity index (χ1) is 13.2. The van der Waals surface area contributed by atoms with Gasteiger partial charge in [-0.25, -0.2) is 0 Å². The average molecular weight is 399 g/mol. The van der Waals surface area contributed by atoms with Crippen LogP contribution in [0.5, 0.6) is 5.75 Å². The molecule has 0 saturated heterocycles. The lowest BCUT2D eigenvalue weighted by Crippen LogP contribution is -2.42. The number of carbonyl (C=O) groups excluding carboxylic acids is 1. The smallest absolute Gasteiger partial charge is 0.231 e. The number of carbonyl (C=O) groups is 1. The van der Waals surface area contributed by atoms with E-state index in [1.807, 2.05) is 65.0 Å². The maximum atomic E-state index is 12.6. The van der Waals surface area contributed by atoms with Crippen molar-refractivity contribution in [1.29, 1.82) is 0 Å². The van der Waals surface area contributed by atoms with Gasteiger partial charge in [-0.2, -0.15) is 0 Å². The van der Waals surface area contributed by atoms with E-state index < -0.39 is 5.41 Å². The first kappa shape index (κ1) is 21.9. The van der Waals surface area contributed by atoms with Crippen molar-refractivity contribution in [2.45, 2.75) is 47.5 Å². The van der Waals surface area contributed by atoms with E-state index in [9.17, 15) is 4.79 Å². The van der Waals surface area contributed by atoms with Crippen molar-refractivity contribution < 1.29 is 9.53 Å². The minimum absolute atomic E-state index is 0.0932. The van der Waals surface area contributed by atoms with Gasteiger partial charge in [0.15, 0.2) is 5.11 Å². The van der Waals surface area contributed by atoms with Crippen LogP contribution in [0.3, 0.4) is 0 Å². The zero-order valence-electron chi connectivity index (χ0n) is 17.4. The van der Waals surface area contributed by atoms with Gasteiger partial charge in [-0.3, -0.25) is 4.79 Å². The Balaban J connectivity index is 1.80. The molecule has 0 saturated carbocycles. The number of thiocarbonyl (C=S) groups is 1. The SMILES string of the molecule is Cc1cccc(NC(=S)NC(=O)C(C)(C)CCCOc2cc(C)ccc2C)c1. The van der Waals surface area contributed by atoms with Gasteiger partial charge in [-0.15, -0.1) is 0 Å². The third kappa shape index (κ3) is 6.64. The molecule has 2 rings (SSSR count). The molecule has 150 valence electrons. The standard InChI is InChI=1S/C23H30N2O2S/c1-16-8-6-9-19(14-16)24-22(28)25-21(26)23(4,5)12-7-13-27-20-15-17(2)10-11-18(20)3/h6,8-11,14-15H,7,12-13H2,1-5H3,(H2,24,25,26,28). The molecule has 4 nitrogen and oxygen atoms in total. The third-order valence-corrected chi connectivity index (χ3v) is 4.87. The molecule has 1 amide bonds. The highest BCUT2D eigenvalue weighted by atomic mass is 32.1. The van der Waals surface area contributed by atoms with Crippen molar-refractivity contribution >= 4 is 28.9 Å². The van der Waals surface area contributed by atoms with Crippen LogP contribution in [-0.2, 0) is 4.79 Å². The van der Waals surface area contributed by atoms with Gasteiger partial charge < -0.3 is 15.4 Å². The van der Waals surface area contributed by atoms with Crippen molar-refractivity contribution in [1.82, 2.24) is 5.32 Å². The summed E-state index contributed by atoms with van der Waals surface area (Å²) in [5.74, 6) is 0.815. The summed E-state index contributed by atoms with van der Waals surface area (Å²) in [5, 5.41) is 6.18. The van der Waals surface area contributed by atoms with Gasteiger partial charge in [0.05, 0.1) is 6.61 Å². The van der Waals surface area contributed by atoms with Gasteiger partial charge in [0.1, 0.15) is 5.75 Å². The molecule has 0 aliphatic heterocycles. The second-order valence-corrected chi connectivity index (χ2v) is 8.29. The Hall–Kier alpha value is -2.40. The summed E-state index contributed by atoms with van der Waals surface area (Å²) < 4.78 is 5.89. The van der Waals surface area contributed by atoms with E-state index in [-0.39, 0.29) is 5.91 Å². The fourth-order valence-corrected chi connectivity index (χ4v) is 3.04. The number of hydrogen-bond donors (Lipinski definition) is 2. The molecule has 0 spiro atoms. The van der Waals surface area contributed by atoms with Gasteiger partial charge in [0.25, 0.3) is 0 Å². The molecule has 2 aromatic carbocycles. The number of benzene rings is 2. The zero-order chi connectivity index (χ0) is 20.7. The first-order valence-corrected chi connectivity index (χ1v) is 9.97. The van der Waals surface area contributed by atoms with Gasteiger partial charge >= 0.3 is 0 Å². The molecule has 0 radical (unpaired) electrons. The number of nitrogens with one attached hydrogen (secondary N) is 2. The lowest BCUT2D eigenvalue weighted by molar-refractivity contribution is -0.128. The van der Waals surface area contributed by atoms with Crippen LogP contribution in [0.15, 0.2) is 42.5 Å². The minimum Gasteiger partial charge on any atom is -0.493 e. The van der Waals surface area contributed by atoms with Gasteiger partial charge in [-0.05, 0) is 80.7 Å². The molecule has 0 heterocycles. The number of anilines is 1. The molecule has 0 fully saturated rings. The second-order valence-electron chi connectivity index (χ2n) is 7.88. The normalized spacial score (nSPS) is 11.0. The second kappa shape index (κ2) is 9.69. The molecule has 5 heteroatoms. The summed E-state index contributed by atoms with van der Waals surface area (Å²) in [7, 11) is 0. The Morgan fingerprint density at radius 1 is 1.07 bits per heavy atom. The van der Waals surface area contributed by atoms with Crippen LogP contribution in [0, 0.1) is 26.2 Å². The van der Waals surface area contributed by atoms with Gasteiger partial charge in [0.2, 0.25) is 5.91 Å². The molecular weight excluding hydrogens is 368 g/mol. The Morgan fingerprint density at radius 2 is 1.79 bits per heavy atom. The molecule has 0 aromatic heterocycles. The highest BCUT2D eigenvalue weighted by Gasteiger charge is 2.27. The van der Waals surface area contributed by atoms with Crippen molar-refractivity contribution in [3.8, 4) is 5.75 Å². The van der Waals surface area contributed by atoms with Crippen molar-refractivity contribution in [3.63, 3.8) is 0 Å². The first-order valence-electron chi connectivity index (χ1n) is 9.56. The minimum atomic E-state index is -0.538. The Kier molecular flexibility index (Phi) is 7.58. The zero-order valence-corrected chi connectivity index (χ0v) is 18.2. The van der Waals surface area contributed by atoms with Crippen molar-refractivity contribution in [2.24, 2.45) is 5.41 Å². The molecule has 2 aromatic rings. The Bertz CT molecular complexity index is 846. The quantitative estimate of drug-likeness (QED) is 0.490. The highest BCUT2D eigenvalue weighted by Crippen LogP contribution is 2.24. The van der Waals surface area contributed by atoms with Gasteiger partial charge in [0, 0.05) is 11.1 Å². The Morgan fingerprint density at radius 3 is 2.50 bits per heavy atom. The van der Waals surface area contributed by atoms with Crippen LogP contribution in [0.1, 0.15) is 43.4 Å². The van der Waals surface area contributed by atoms with E-state index in [0.717, 1.165) is 29.0 Å². The summed E-state index contributed by atoms with van der Waals surface area (Å²) in [4.78, 5) is 12.6. The largest absolute Gasteiger partial charge is 0.493 e. The van der Waals surface area contributed by atoms with E-state index in [4.69, 9.17) is 17.0 Å². The highest BCUT2D eigenvalue weighted by molar-refractivity contribution is 7.80. The maximum Gasteiger partial charge on any atom is 0.231 e. The number of ether oxygens (including phenoxy) is 1. The molecule has 2 N–H and O–H groups in total. The van der Waals surface area contributed by atoms with E-state index in [1.54, 1.807) is 0 Å². The molecule has 28 heavy (non-hydrogen) atoms. The summed E-state index contributed by atoms with van der Waals surface area (Å²) in [6.45, 7) is 10.5. The lowest BCUT2D eigenvalue weighted by Gasteiger charge is -2.24. The van der Waals surface area contributed by atoms with E-state index in [0.29, 0.717) is 18.1 Å². The molecular formula is C23H30N2O2S. The predicted octanol–water partition coefficient (Wildman–Crippen LogP) is 5.31. The lowest BCUT2D eigenvalue weighted by atomic mass is 9.87. The number of amides is 1. The average Bonchev–Trinajstić information content (AvgIpc) is 2.61. The number of hydrogen-bond acceptors (Lipinski definition) is 3. The van der Waals surface area contributed by atoms with E-state index in [1.165, 1.54) is 5.56 Å². The summed E-state index contributed by atoms with van der Waals surface area (Å²) in [5.41, 5.74) is 3.75. The van der Waals surface area contributed by atoms with Crippen LogP contribution in [0.25, 0.3) is 0 Å². The summed E-state index contributed by atoms with van der Waals surface area (Å²) >= 11 is 5.28. The molecule has 0 aliphatic rings. The van der Waals surface area contributed by atoms with Crippen LogP contribution in [-0.4, -0.2) is 17.6 Å². The van der Waals surface area contributed by atoms with Crippen LogP contribution in [0.4, 0.5) is 5.69 Å². The Labute approximate surface area is 173 Å². The molecule has 0 aliphatic carbocycles. The monoisotopic (exact) mass is 398 g/mol. The topological polar surface area (TPSA) is 50.4 Å². The van der Waals surface area contributed by atoms with E-state index in [2.05, 4.69) is 22.8 Å². The van der Waals surface area contributed by atoms with Crippen molar-refractivity contribution in [2.75, 3.05) is 11.9 Å². The predicted molar refractivity (Wildman–Crippen MR) is 120 cm³/mol. The van der Waals surface area contributed by atoms with Gasteiger partial charge in [-0.1, -0.05) is 38.1 Å². The number of aryl methyl sites for hydroxylation is 3. The van der Waals surface area contributed by atoms with Crippen LogP contribution in [0.2, 0.25) is 0 Å². The summed E-state index contributed by atoms with van der Waals surface area (Å²) in [6.07, 6.45) is 1.49. The van der Waals surface area contributed by atoms with Crippen LogP contribution >= 0.6 is 12.2 Å². The van der Waals surface area contributed by atoms with Crippen molar-refractivity contribution in [3.05, 3.63) is 59.2 Å².